The van der Waals surface area contributed by atoms with Crippen LogP contribution in [0.5, 0.6) is 0 Å². The molecule has 1 heterocycles. The Kier molecular flexibility index (Phi) is 5.88. The Bertz CT molecular complexity index is 2790. The van der Waals surface area contributed by atoms with Crippen molar-refractivity contribution in [1.82, 2.24) is 15.0 Å². The van der Waals surface area contributed by atoms with Gasteiger partial charge in [0.05, 0.1) is 5.41 Å². The van der Waals surface area contributed by atoms with E-state index in [1.165, 1.54) is 54.9 Å². The molecule has 3 heteroatoms. The number of nitrogens with zero attached hydrogens (tertiary/aromatic N) is 3. The highest BCUT2D eigenvalue weighted by molar-refractivity contribution is 6.17. The third-order valence-electron chi connectivity index (χ3n) is 10.9. The van der Waals surface area contributed by atoms with E-state index >= 15 is 0 Å². The summed E-state index contributed by atoms with van der Waals surface area (Å²) in [5.41, 5.74) is 12.5. The van der Waals surface area contributed by atoms with Gasteiger partial charge in [-0.2, -0.15) is 0 Å². The molecule has 51 heavy (non-hydrogen) atoms. The smallest absolute Gasteiger partial charge is 0.164 e. The van der Waals surface area contributed by atoms with Crippen LogP contribution in [-0.4, -0.2) is 15.0 Å². The summed E-state index contributed by atoms with van der Waals surface area (Å²) in [6.45, 7) is 0. The van der Waals surface area contributed by atoms with Gasteiger partial charge in [0.2, 0.25) is 0 Å². The number of rotatable bonds is 4. The maximum Gasteiger partial charge on any atom is 0.164 e. The lowest BCUT2D eigenvalue weighted by Crippen LogP contribution is -2.26. The van der Waals surface area contributed by atoms with Crippen molar-refractivity contribution in [3.63, 3.8) is 0 Å². The largest absolute Gasteiger partial charge is 0.208 e. The third-order valence-corrected chi connectivity index (χ3v) is 10.9. The van der Waals surface area contributed by atoms with E-state index in [2.05, 4.69) is 152 Å². The van der Waals surface area contributed by atoms with Crippen LogP contribution in [0.4, 0.5) is 0 Å². The molecular formula is C48H29N3. The van der Waals surface area contributed by atoms with Crippen molar-refractivity contribution in [2.24, 2.45) is 0 Å². The monoisotopic (exact) mass is 647 g/mol. The Balaban J connectivity index is 1.18. The molecule has 0 unspecified atom stereocenters. The lowest BCUT2D eigenvalue weighted by molar-refractivity contribution is 0.797. The highest BCUT2D eigenvalue weighted by Gasteiger charge is 2.50. The van der Waals surface area contributed by atoms with Gasteiger partial charge in [-0.15, -0.1) is 0 Å². The van der Waals surface area contributed by atoms with E-state index in [1.807, 2.05) is 24.3 Å². The molecule has 0 radical (unpaired) electrons. The fraction of sp³-hybridized carbons (Fsp3) is 0.0208. The minimum absolute atomic E-state index is 0.456. The second kappa shape index (κ2) is 10.6. The average Bonchev–Trinajstić information content (AvgIpc) is 3.68. The van der Waals surface area contributed by atoms with Crippen molar-refractivity contribution in [1.29, 1.82) is 0 Å². The van der Waals surface area contributed by atoms with Gasteiger partial charge in [0.15, 0.2) is 17.5 Å². The summed E-state index contributed by atoms with van der Waals surface area (Å²) in [6.07, 6.45) is 0. The van der Waals surface area contributed by atoms with E-state index in [9.17, 15) is 0 Å². The van der Waals surface area contributed by atoms with Crippen molar-refractivity contribution >= 4 is 21.5 Å². The zero-order valence-electron chi connectivity index (χ0n) is 27.6. The Hall–Kier alpha value is -6.71. The van der Waals surface area contributed by atoms with Crippen molar-refractivity contribution in [3.8, 4) is 56.4 Å². The van der Waals surface area contributed by atoms with Crippen LogP contribution in [0, 0.1) is 0 Å². The highest BCUT2D eigenvalue weighted by Crippen LogP contribution is 2.62. The van der Waals surface area contributed by atoms with Crippen LogP contribution in [0.1, 0.15) is 22.3 Å². The third kappa shape index (κ3) is 3.92. The molecule has 0 N–H and O–H groups in total. The van der Waals surface area contributed by atoms with Gasteiger partial charge in [-0.1, -0.05) is 170 Å². The van der Waals surface area contributed by atoms with Crippen LogP contribution in [0.15, 0.2) is 176 Å². The molecule has 0 bridgehead atoms. The van der Waals surface area contributed by atoms with Crippen molar-refractivity contribution in [2.45, 2.75) is 5.41 Å². The zero-order chi connectivity index (χ0) is 33.5. The van der Waals surface area contributed by atoms with Gasteiger partial charge in [-0.05, 0) is 72.1 Å². The molecule has 1 aromatic heterocycles. The van der Waals surface area contributed by atoms with Crippen LogP contribution < -0.4 is 0 Å². The second-order valence-corrected chi connectivity index (χ2v) is 13.5. The van der Waals surface area contributed by atoms with E-state index in [-0.39, 0.29) is 0 Å². The van der Waals surface area contributed by atoms with Crippen LogP contribution in [0.3, 0.4) is 0 Å². The molecule has 2 aliphatic rings. The molecule has 0 aliphatic heterocycles. The predicted molar refractivity (Wildman–Crippen MR) is 207 cm³/mol. The SMILES string of the molecule is c1ccc(-c2nc(-c3ccc4c(c3)C3(c5ccccc5-4)c4cccc5ccc6cccc3c6c45)nc(-c3ccccc3-c3ccccc3)n2)cc1. The molecule has 0 amide bonds. The van der Waals surface area contributed by atoms with Crippen LogP contribution in [0.25, 0.3) is 78.0 Å². The van der Waals surface area contributed by atoms with Gasteiger partial charge >= 0.3 is 0 Å². The van der Waals surface area contributed by atoms with Gasteiger partial charge in [0, 0.05) is 16.7 Å². The Morgan fingerprint density at radius 2 is 0.804 bits per heavy atom. The fourth-order valence-electron chi connectivity index (χ4n) is 8.81. The van der Waals surface area contributed by atoms with Crippen LogP contribution in [0.2, 0.25) is 0 Å². The predicted octanol–water partition coefficient (Wildman–Crippen LogP) is 11.5. The minimum atomic E-state index is -0.456. The lowest BCUT2D eigenvalue weighted by atomic mass is 9.70. The number of fused-ring (bicyclic) bond motifs is 7. The maximum atomic E-state index is 5.27. The standard InChI is InChI=1S/C48H29N3/c1-3-13-30(14-4-1)35-19-7-8-21-38(35)47-50-45(33-15-5-2-6-16-33)49-46(51-47)34-27-28-37-36-20-9-10-22-39(36)48(42(37)29-34)40-23-11-17-31-25-26-32-18-12-24-41(48)44(32)43(31)40/h1-29H. The summed E-state index contributed by atoms with van der Waals surface area (Å²) in [6, 6.07) is 63.0. The van der Waals surface area contributed by atoms with Gasteiger partial charge in [0.1, 0.15) is 0 Å². The van der Waals surface area contributed by atoms with E-state index in [0.717, 1.165) is 27.8 Å². The van der Waals surface area contributed by atoms with E-state index in [1.54, 1.807) is 0 Å². The first-order valence-electron chi connectivity index (χ1n) is 17.5. The summed E-state index contributed by atoms with van der Waals surface area (Å²) < 4.78 is 0. The van der Waals surface area contributed by atoms with Gasteiger partial charge in [-0.25, -0.2) is 15.0 Å². The first kappa shape index (κ1) is 28.2. The lowest BCUT2D eigenvalue weighted by Gasteiger charge is -2.31. The Morgan fingerprint density at radius 3 is 1.49 bits per heavy atom. The number of aromatic nitrogens is 3. The fourth-order valence-corrected chi connectivity index (χ4v) is 8.81. The summed E-state index contributed by atoms with van der Waals surface area (Å²) in [5.74, 6) is 1.96. The quantitative estimate of drug-likeness (QED) is 0.178. The van der Waals surface area contributed by atoms with E-state index < -0.39 is 5.41 Å². The van der Waals surface area contributed by atoms with Crippen LogP contribution >= 0.6 is 0 Å². The zero-order valence-corrected chi connectivity index (χ0v) is 27.6. The molecule has 9 aromatic rings. The van der Waals surface area contributed by atoms with E-state index in [4.69, 9.17) is 15.0 Å². The van der Waals surface area contributed by atoms with Crippen molar-refractivity contribution in [2.75, 3.05) is 0 Å². The Labute approximate surface area is 295 Å². The highest BCUT2D eigenvalue weighted by atomic mass is 15.0. The van der Waals surface area contributed by atoms with Crippen molar-refractivity contribution < 1.29 is 0 Å². The molecule has 3 nitrogen and oxygen atoms in total. The molecule has 2 aliphatic carbocycles. The molecule has 236 valence electrons. The molecule has 0 atom stereocenters. The molecular weight excluding hydrogens is 619 g/mol. The first-order chi connectivity index (χ1) is 25.3. The van der Waals surface area contributed by atoms with Gasteiger partial charge in [0.25, 0.3) is 0 Å². The number of hydrogen-bond donors (Lipinski definition) is 0. The first-order valence-corrected chi connectivity index (χ1v) is 17.5. The average molecular weight is 648 g/mol. The van der Waals surface area contributed by atoms with Gasteiger partial charge in [-0.3, -0.25) is 0 Å². The molecule has 0 saturated carbocycles. The van der Waals surface area contributed by atoms with E-state index in [0.29, 0.717) is 17.5 Å². The van der Waals surface area contributed by atoms with Crippen molar-refractivity contribution in [3.05, 3.63) is 198 Å². The minimum Gasteiger partial charge on any atom is -0.208 e. The second-order valence-electron chi connectivity index (χ2n) is 13.5. The van der Waals surface area contributed by atoms with Crippen LogP contribution in [-0.2, 0) is 5.41 Å². The molecule has 8 aromatic carbocycles. The maximum absolute atomic E-state index is 5.27. The summed E-state index contributed by atoms with van der Waals surface area (Å²) in [5, 5.41) is 5.26. The van der Waals surface area contributed by atoms with Gasteiger partial charge < -0.3 is 0 Å². The molecule has 11 rings (SSSR count). The molecule has 1 spiro atoms. The number of benzene rings is 8. The topological polar surface area (TPSA) is 38.7 Å². The number of hydrogen-bond acceptors (Lipinski definition) is 3. The summed E-state index contributed by atoms with van der Waals surface area (Å²) >= 11 is 0. The molecule has 0 saturated heterocycles. The Morgan fingerprint density at radius 1 is 0.294 bits per heavy atom. The summed E-state index contributed by atoms with van der Waals surface area (Å²) in [7, 11) is 0. The molecule has 0 fully saturated rings. The summed E-state index contributed by atoms with van der Waals surface area (Å²) in [4.78, 5) is 15.6. The normalized spacial score (nSPS) is 13.3.